The molecule has 0 bridgehead atoms. The summed E-state index contributed by atoms with van der Waals surface area (Å²) in [5.74, 6) is -1.42. The first-order valence-electron chi connectivity index (χ1n) is 5.94. The minimum absolute atomic E-state index is 0.0981. The van der Waals surface area contributed by atoms with Crippen LogP contribution in [0.3, 0.4) is 0 Å². The first kappa shape index (κ1) is 13.7. The van der Waals surface area contributed by atoms with Gasteiger partial charge < -0.3 is 10.4 Å². The van der Waals surface area contributed by atoms with Crippen LogP contribution in [0.2, 0.25) is 0 Å². The Morgan fingerprint density at radius 1 is 1.30 bits per heavy atom. The molecule has 2 heterocycles. The Morgan fingerprint density at radius 2 is 2.05 bits per heavy atom. The number of carboxylic acid groups (broad SMARTS) is 1. The van der Waals surface area contributed by atoms with Crippen molar-refractivity contribution in [3.63, 3.8) is 0 Å². The van der Waals surface area contributed by atoms with Crippen LogP contribution in [0.4, 0.5) is 0 Å². The van der Waals surface area contributed by atoms with E-state index in [0.29, 0.717) is 13.0 Å². The zero-order valence-electron chi connectivity index (χ0n) is 10.6. The van der Waals surface area contributed by atoms with Crippen molar-refractivity contribution in [1.29, 1.82) is 0 Å². The highest BCUT2D eigenvalue weighted by Crippen LogP contribution is 1.97. The number of hydrogen-bond acceptors (Lipinski definition) is 5. The molecule has 0 aromatic carbocycles. The van der Waals surface area contributed by atoms with Gasteiger partial charge in [-0.15, -0.1) is 5.10 Å². The molecule has 0 spiro atoms. The van der Waals surface area contributed by atoms with E-state index < -0.39 is 5.97 Å². The van der Waals surface area contributed by atoms with E-state index in [2.05, 4.69) is 20.6 Å². The average Bonchev–Trinajstić information content (AvgIpc) is 2.87. The molecule has 1 amide bonds. The first-order chi connectivity index (χ1) is 9.65. The molecule has 8 heteroatoms. The molecule has 0 radical (unpaired) electrons. The van der Waals surface area contributed by atoms with Crippen LogP contribution in [0.15, 0.2) is 30.7 Å². The summed E-state index contributed by atoms with van der Waals surface area (Å²) in [6.07, 6.45) is 5.36. The molecule has 0 aliphatic rings. The molecule has 104 valence electrons. The lowest BCUT2D eigenvalue weighted by Crippen LogP contribution is -2.26. The topological polar surface area (TPSA) is 110 Å². The van der Waals surface area contributed by atoms with Gasteiger partial charge in [0.2, 0.25) is 0 Å². The van der Waals surface area contributed by atoms with Gasteiger partial charge in [-0.2, -0.15) is 0 Å². The molecule has 0 saturated carbocycles. The van der Waals surface area contributed by atoms with Crippen molar-refractivity contribution >= 4 is 11.9 Å². The van der Waals surface area contributed by atoms with Crippen LogP contribution in [0, 0.1) is 0 Å². The average molecular weight is 275 g/mol. The standard InChI is InChI=1S/C12H13N5O3/c18-11(19)8-17-7-10(15-16-17)12(20)14-6-3-9-1-4-13-5-2-9/h1-2,4-5,7H,3,6,8H2,(H,14,20)(H,18,19). The van der Waals surface area contributed by atoms with Gasteiger partial charge in [0.25, 0.3) is 5.91 Å². The second kappa shape index (κ2) is 6.41. The highest BCUT2D eigenvalue weighted by atomic mass is 16.4. The van der Waals surface area contributed by atoms with Crippen LogP contribution >= 0.6 is 0 Å². The van der Waals surface area contributed by atoms with Gasteiger partial charge in [0, 0.05) is 18.9 Å². The maximum Gasteiger partial charge on any atom is 0.325 e. The molecule has 8 nitrogen and oxygen atoms in total. The lowest BCUT2D eigenvalue weighted by Gasteiger charge is -2.02. The van der Waals surface area contributed by atoms with Crippen molar-refractivity contribution in [2.45, 2.75) is 13.0 Å². The van der Waals surface area contributed by atoms with Gasteiger partial charge in [0.1, 0.15) is 6.54 Å². The second-order valence-corrected chi connectivity index (χ2v) is 4.06. The minimum Gasteiger partial charge on any atom is -0.480 e. The van der Waals surface area contributed by atoms with Crippen LogP contribution in [0.25, 0.3) is 0 Å². The van der Waals surface area contributed by atoms with E-state index in [1.807, 2.05) is 12.1 Å². The number of carbonyl (C=O) groups excluding carboxylic acids is 1. The third-order valence-electron chi connectivity index (χ3n) is 2.52. The van der Waals surface area contributed by atoms with Gasteiger partial charge >= 0.3 is 5.97 Å². The van der Waals surface area contributed by atoms with Crippen molar-refractivity contribution in [1.82, 2.24) is 25.3 Å². The Hall–Kier alpha value is -2.77. The number of carbonyl (C=O) groups is 2. The van der Waals surface area contributed by atoms with Gasteiger partial charge in [0.05, 0.1) is 6.20 Å². The van der Waals surface area contributed by atoms with E-state index in [1.54, 1.807) is 12.4 Å². The maximum atomic E-state index is 11.7. The van der Waals surface area contributed by atoms with E-state index in [-0.39, 0.29) is 18.1 Å². The number of nitrogens with one attached hydrogen (secondary N) is 1. The van der Waals surface area contributed by atoms with E-state index in [1.165, 1.54) is 6.20 Å². The summed E-state index contributed by atoms with van der Waals surface area (Å²) in [5.41, 5.74) is 1.16. The third kappa shape index (κ3) is 3.87. The number of hydrogen-bond donors (Lipinski definition) is 2. The predicted octanol–water partition coefficient (Wildman–Crippen LogP) is -0.270. The molecular weight excluding hydrogens is 262 g/mol. The zero-order valence-corrected chi connectivity index (χ0v) is 10.6. The van der Waals surface area contributed by atoms with E-state index in [0.717, 1.165) is 10.2 Å². The van der Waals surface area contributed by atoms with E-state index >= 15 is 0 Å². The van der Waals surface area contributed by atoms with Crippen molar-refractivity contribution in [2.24, 2.45) is 0 Å². The predicted molar refractivity (Wildman–Crippen MR) is 67.9 cm³/mol. The molecule has 20 heavy (non-hydrogen) atoms. The lowest BCUT2D eigenvalue weighted by atomic mass is 10.2. The third-order valence-corrected chi connectivity index (χ3v) is 2.52. The summed E-state index contributed by atoms with van der Waals surface area (Å²) in [6, 6.07) is 3.74. The summed E-state index contributed by atoms with van der Waals surface area (Å²) in [5, 5.41) is 18.5. The Balaban J connectivity index is 1.83. The summed E-state index contributed by atoms with van der Waals surface area (Å²) in [7, 11) is 0. The molecule has 0 atom stereocenters. The molecule has 2 aromatic heterocycles. The van der Waals surface area contributed by atoms with Crippen LogP contribution in [-0.2, 0) is 17.8 Å². The van der Waals surface area contributed by atoms with Crippen LogP contribution in [-0.4, -0.2) is 43.5 Å². The van der Waals surface area contributed by atoms with Crippen molar-refractivity contribution in [3.8, 4) is 0 Å². The summed E-state index contributed by atoms with van der Waals surface area (Å²) in [4.78, 5) is 26.1. The number of aliphatic carboxylic acids is 1. The fraction of sp³-hybridized carbons (Fsp3) is 0.250. The molecule has 2 rings (SSSR count). The van der Waals surface area contributed by atoms with Crippen LogP contribution in [0.1, 0.15) is 16.1 Å². The molecule has 0 aliphatic heterocycles. The van der Waals surface area contributed by atoms with Gasteiger partial charge in [-0.05, 0) is 24.1 Å². The minimum atomic E-state index is -1.04. The Morgan fingerprint density at radius 3 is 2.75 bits per heavy atom. The molecule has 0 saturated heterocycles. The molecule has 2 N–H and O–H groups in total. The first-order valence-corrected chi connectivity index (χ1v) is 5.94. The van der Waals surface area contributed by atoms with Gasteiger partial charge in [-0.25, -0.2) is 4.68 Å². The highest BCUT2D eigenvalue weighted by molar-refractivity contribution is 5.91. The van der Waals surface area contributed by atoms with Crippen LogP contribution in [0.5, 0.6) is 0 Å². The normalized spacial score (nSPS) is 10.2. The van der Waals surface area contributed by atoms with E-state index in [9.17, 15) is 9.59 Å². The lowest BCUT2D eigenvalue weighted by molar-refractivity contribution is -0.137. The number of pyridine rings is 1. The smallest absolute Gasteiger partial charge is 0.325 e. The summed E-state index contributed by atoms with van der Waals surface area (Å²) >= 11 is 0. The zero-order chi connectivity index (χ0) is 14.4. The Labute approximate surface area is 114 Å². The van der Waals surface area contributed by atoms with Crippen molar-refractivity contribution < 1.29 is 14.7 Å². The Kier molecular flexibility index (Phi) is 4.38. The van der Waals surface area contributed by atoms with E-state index in [4.69, 9.17) is 5.11 Å². The van der Waals surface area contributed by atoms with Crippen molar-refractivity contribution in [2.75, 3.05) is 6.54 Å². The quantitative estimate of drug-likeness (QED) is 0.751. The number of aromatic nitrogens is 4. The summed E-state index contributed by atoms with van der Waals surface area (Å²) < 4.78 is 1.10. The molecule has 0 unspecified atom stereocenters. The SMILES string of the molecule is O=C(O)Cn1cc(C(=O)NCCc2ccncc2)nn1. The monoisotopic (exact) mass is 275 g/mol. The molecule has 2 aromatic rings. The number of nitrogens with zero attached hydrogens (tertiary/aromatic N) is 4. The van der Waals surface area contributed by atoms with Gasteiger partial charge in [-0.3, -0.25) is 14.6 Å². The number of rotatable bonds is 6. The van der Waals surface area contributed by atoms with Crippen LogP contribution < -0.4 is 5.32 Å². The fourth-order valence-corrected chi connectivity index (χ4v) is 1.58. The molecule has 0 aliphatic carbocycles. The second-order valence-electron chi connectivity index (χ2n) is 4.06. The highest BCUT2D eigenvalue weighted by Gasteiger charge is 2.11. The molecular formula is C12H13N5O3. The number of amides is 1. The maximum absolute atomic E-state index is 11.7. The van der Waals surface area contributed by atoms with Gasteiger partial charge in [-0.1, -0.05) is 5.21 Å². The molecule has 0 fully saturated rings. The largest absolute Gasteiger partial charge is 0.480 e. The fourth-order valence-electron chi connectivity index (χ4n) is 1.58. The van der Waals surface area contributed by atoms with Gasteiger partial charge in [0.15, 0.2) is 5.69 Å². The number of carboxylic acids is 1. The Bertz CT molecular complexity index is 596. The van der Waals surface area contributed by atoms with Crippen molar-refractivity contribution in [3.05, 3.63) is 42.0 Å². The summed E-state index contributed by atoms with van der Waals surface area (Å²) in [6.45, 7) is 0.131.